The molecule has 0 fully saturated rings. The molecule has 7 heteroatoms. The molecular weight excluding hydrogens is 326 g/mol. The Morgan fingerprint density at radius 2 is 1.88 bits per heavy atom. The second kappa shape index (κ2) is 8.23. The van der Waals surface area contributed by atoms with Gasteiger partial charge in [0.1, 0.15) is 5.76 Å². The summed E-state index contributed by atoms with van der Waals surface area (Å²) in [5.74, 6) is -0.0686. The first-order valence-corrected chi connectivity index (χ1v) is 7.75. The lowest BCUT2D eigenvalue weighted by Gasteiger charge is -2.13. The lowest BCUT2D eigenvalue weighted by atomic mass is 10.00. The van der Waals surface area contributed by atoms with Crippen LogP contribution < -0.4 is 14.8 Å². The minimum atomic E-state index is -1.14. The van der Waals surface area contributed by atoms with Crippen molar-refractivity contribution in [1.29, 1.82) is 0 Å². The van der Waals surface area contributed by atoms with E-state index in [0.717, 1.165) is 5.56 Å². The van der Waals surface area contributed by atoms with Gasteiger partial charge in [-0.05, 0) is 36.2 Å². The summed E-state index contributed by atoms with van der Waals surface area (Å²) in [5.41, 5.74) is 0.950. The van der Waals surface area contributed by atoms with E-state index in [1.165, 1.54) is 12.1 Å². The average molecular weight is 347 g/mol. The van der Waals surface area contributed by atoms with E-state index >= 15 is 0 Å². The molecule has 1 unspecified atom stereocenters. The number of carbonyl (C=O) groups excluding carboxylic acids is 1. The summed E-state index contributed by atoms with van der Waals surface area (Å²) in [6.45, 7) is 1.96. The molecule has 1 atom stereocenters. The molecule has 2 aromatic rings. The van der Waals surface area contributed by atoms with E-state index < -0.39 is 5.97 Å². The van der Waals surface area contributed by atoms with Crippen LogP contribution in [-0.4, -0.2) is 31.2 Å². The van der Waals surface area contributed by atoms with E-state index in [-0.39, 0.29) is 24.1 Å². The topological polar surface area (TPSA) is 98.0 Å². The molecule has 0 aliphatic rings. The number of carbonyl (C=O) groups is 2. The summed E-state index contributed by atoms with van der Waals surface area (Å²) >= 11 is 0. The van der Waals surface area contributed by atoms with Gasteiger partial charge in [0.2, 0.25) is 11.7 Å². The highest BCUT2D eigenvalue weighted by Crippen LogP contribution is 2.28. The van der Waals surface area contributed by atoms with Crippen LogP contribution in [0.5, 0.6) is 11.5 Å². The second-order valence-corrected chi connectivity index (χ2v) is 5.58. The van der Waals surface area contributed by atoms with Gasteiger partial charge in [-0.25, -0.2) is 4.79 Å². The van der Waals surface area contributed by atoms with Gasteiger partial charge in [0, 0.05) is 5.92 Å². The first-order valence-electron chi connectivity index (χ1n) is 7.75. The molecule has 134 valence electrons. The standard InChI is InChI=1S/C18H21NO6/c1-11(8-12-4-6-14(23-2)16(9-12)24-3)17(20)19-10-13-5-7-15(25-13)18(21)22/h4-7,9,11H,8,10H2,1-3H3,(H,19,20)(H,21,22). The van der Waals surface area contributed by atoms with Crippen molar-refractivity contribution in [2.45, 2.75) is 19.9 Å². The van der Waals surface area contributed by atoms with Gasteiger partial charge in [0.05, 0.1) is 20.8 Å². The highest BCUT2D eigenvalue weighted by molar-refractivity contribution is 5.84. The van der Waals surface area contributed by atoms with Crippen molar-refractivity contribution in [3.63, 3.8) is 0 Å². The van der Waals surface area contributed by atoms with Crippen LogP contribution in [0.2, 0.25) is 0 Å². The third-order valence-corrected chi connectivity index (χ3v) is 3.75. The maximum absolute atomic E-state index is 12.2. The van der Waals surface area contributed by atoms with Gasteiger partial charge in [-0.15, -0.1) is 0 Å². The third-order valence-electron chi connectivity index (χ3n) is 3.75. The summed E-state index contributed by atoms with van der Waals surface area (Å²) in [6.07, 6.45) is 0.532. The molecule has 2 N–H and O–H groups in total. The van der Waals surface area contributed by atoms with Crippen molar-refractivity contribution >= 4 is 11.9 Å². The van der Waals surface area contributed by atoms with E-state index in [2.05, 4.69) is 5.32 Å². The van der Waals surface area contributed by atoms with Gasteiger partial charge < -0.3 is 24.3 Å². The summed E-state index contributed by atoms with van der Waals surface area (Å²) in [7, 11) is 3.13. The fraction of sp³-hybridized carbons (Fsp3) is 0.333. The van der Waals surface area contributed by atoms with Crippen LogP contribution in [0.25, 0.3) is 0 Å². The zero-order valence-electron chi connectivity index (χ0n) is 14.4. The van der Waals surface area contributed by atoms with Crippen LogP contribution in [0, 0.1) is 5.92 Å². The largest absolute Gasteiger partial charge is 0.493 e. The zero-order valence-corrected chi connectivity index (χ0v) is 14.4. The molecule has 0 saturated heterocycles. The lowest BCUT2D eigenvalue weighted by Crippen LogP contribution is -2.29. The van der Waals surface area contributed by atoms with Crippen LogP contribution in [0.3, 0.4) is 0 Å². The second-order valence-electron chi connectivity index (χ2n) is 5.58. The summed E-state index contributed by atoms with van der Waals surface area (Å²) in [4.78, 5) is 23.0. The average Bonchev–Trinajstić information content (AvgIpc) is 3.08. The van der Waals surface area contributed by atoms with Gasteiger partial charge in [-0.1, -0.05) is 13.0 Å². The quantitative estimate of drug-likeness (QED) is 0.761. The van der Waals surface area contributed by atoms with E-state index in [0.29, 0.717) is 23.7 Å². The molecule has 0 aliphatic carbocycles. The number of carboxylic acid groups (broad SMARTS) is 1. The monoisotopic (exact) mass is 347 g/mol. The number of aromatic carboxylic acids is 1. The number of carboxylic acids is 1. The zero-order chi connectivity index (χ0) is 18.4. The highest BCUT2D eigenvalue weighted by atomic mass is 16.5. The molecule has 0 saturated carbocycles. The molecule has 1 aromatic heterocycles. The number of hydrogen-bond acceptors (Lipinski definition) is 5. The number of hydrogen-bond donors (Lipinski definition) is 2. The molecule has 1 aromatic carbocycles. The summed E-state index contributed by atoms with van der Waals surface area (Å²) < 4.78 is 15.6. The first-order chi connectivity index (χ1) is 11.9. The maximum Gasteiger partial charge on any atom is 0.371 e. The van der Waals surface area contributed by atoms with Gasteiger partial charge >= 0.3 is 5.97 Å². The SMILES string of the molecule is COc1ccc(CC(C)C(=O)NCc2ccc(C(=O)O)o2)cc1OC. The fourth-order valence-electron chi connectivity index (χ4n) is 2.39. The highest BCUT2D eigenvalue weighted by Gasteiger charge is 2.16. The predicted octanol–water partition coefficient (Wildman–Crippen LogP) is 2.49. The minimum Gasteiger partial charge on any atom is -0.493 e. The molecule has 2 rings (SSSR count). The van der Waals surface area contributed by atoms with Crippen LogP contribution in [-0.2, 0) is 17.8 Å². The Kier molecular flexibility index (Phi) is 6.05. The number of methoxy groups -OCH3 is 2. The summed E-state index contributed by atoms with van der Waals surface area (Å²) in [5, 5.41) is 11.5. The fourth-order valence-corrected chi connectivity index (χ4v) is 2.39. The van der Waals surface area contributed by atoms with Gasteiger partial charge in [-0.2, -0.15) is 0 Å². The van der Waals surface area contributed by atoms with Crippen LogP contribution >= 0.6 is 0 Å². The number of benzene rings is 1. The van der Waals surface area contributed by atoms with Crippen molar-refractivity contribution in [2.75, 3.05) is 14.2 Å². The van der Waals surface area contributed by atoms with Crippen LogP contribution in [0.1, 0.15) is 28.8 Å². The van der Waals surface area contributed by atoms with Gasteiger partial charge in [0.15, 0.2) is 11.5 Å². The van der Waals surface area contributed by atoms with Crippen molar-refractivity contribution in [3.05, 3.63) is 47.4 Å². The smallest absolute Gasteiger partial charge is 0.371 e. The molecular formula is C18H21NO6. The van der Waals surface area contributed by atoms with Crippen molar-refractivity contribution in [1.82, 2.24) is 5.32 Å². The summed E-state index contributed by atoms with van der Waals surface area (Å²) in [6, 6.07) is 8.42. The van der Waals surface area contributed by atoms with E-state index in [4.69, 9.17) is 19.0 Å². The van der Waals surface area contributed by atoms with Crippen molar-refractivity contribution in [2.24, 2.45) is 5.92 Å². The molecule has 0 aliphatic heterocycles. The van der Waals surface area contributed by atoms with Crippen LogP contribution in [0.15, 0.2) is 34.7 Å². The molecule has 0 radical (unpaired) electrons. The number of ether oxygens (including phenoxy) is 2. The number of rotatable bonds is 8. The van der Waals surface area contributed by atoms with E-state index in [1.54, 1.807) is 20.3 Å². The normalized spacial score (nSPS) is 11.6. The Morgan fingerprint density at radius 1 is 1.16 bits per heavy atom. The number of amides is 1. The Labute approximate surface area is 145 Å². The Bertz CT molecular complexity index is 752. The number of nitrogens with one attached hydrogen (secondary N) is 1. The Hall–Kier alpha value is -2.96. The lowest BCUT2D eigenvalue weighted by molar-refractivity contribution is -0.124. The number of furan rings is 1. The van der Waals surface area contributed by atoms with Crippen molar-refractivity contribution in [3.8, 4) is 11.5 Å². The van der Waals surface area contributed by atoms with E-state index in [9.17, 15) is 9.59 Å². The third kappa shape index (κ3) is 4.76. The molecule has 7 nitrogen and oxygen atoms in total. The minimum absolute atomic E-state index is 0.141. The predicted molar refractivity (Wildman–Crippen MR) is 89.9 cm³/mol. The first kappa shape index (κ1) is 18.4. The van der Waals surface area contributed by atoms with Gasteiger partial charge in [-0.3, -0.25) is 4.79 Å². The Morgan fingerprint density at radius 3 is 2.48 bits per heavy atom. The molecule has 0 spiro atoms. The molecule has 1 amide bonds. The maximum atomic E-state index is 12.2. The van der Waals surface area contributed by atoms with E-state index in [1.807, 2.05) is 19.1 Å². The van der Waals surface area contributed by atoms with Gasteiger partial charge in [0.25, 0.3) is 0 Å². The van der Waals surface area contributed by atoms with Crippen molar-refractivity contribution < 1.29 is 28.6 Å². The molecule has 1 heterocycles. The molecule has 0 bridgehead atoms. The van der Waals surface area contributed by atoms with Crippen LogP contribution in [0.4, 0.5) is 0 Å². The Balaban J connectivity index is 1.92. The molecule has 25 heavy (non-hydrogen) atoms.